The van der Waals surface area contributed by atoms with E-state index in [0.717, 1.165) is 12.0 Å². The molecule has 4 atom stereocenters. The fourth-order valence-electron chi connectivity index (χ4n) is 6.85. The normalized spacial score (nSPS) is 27.4. The number of ether oxygens (including phenoxy) is 1. The SMILES string of the molecule is CC1(C)[C@H]2CC[C@]1(C)[C@@H](OC(=O)/C=C/c1ccccc1)[C@H]2C(c1ccccc1)c1ccccc1. The molecule has 0 aliphatic heterocycles. The molecular formula is C32H34O2. The number of rotatable bonds is 6. The molecule has 0 saturated heterocycles. The van der Waals surface area contributed by atoms with Gasteiger partial charge in [0, 0.05) is 23.3 Å². The van der Waals surface area contributed by atoms with E-state index < -0.39 is 0 Å². The van der Waals surface area contributed by atoms with Gasteiger partial charge in [-0.2, -0.15) is 0 Å². The van der Waals surface area contributed by atoms with E-state index in [1.807, 2.05) is 36.4 Å². The summed E-state index contributed by atoms with van der Waals surface area (Å²) in [6.07, 6.45) is 5.58. The van der Waals surface area contributed by atoms with Crippen molar-refractivity contribution in [2.75, 3.05) is 0 Å². The Morgan fingerprint density at radius 2 is 1.38 bits per heavy atom. The Morgan fingerprint density at radius 3 is 1.94 bits per heavy atom. The van der Waals surface area contributed by atoms with E-state index in [4.69, 9.17) is 4.74 Å². The average molecular weight is 451 g/mol. The number of carbonyl (C=O) groups is 1. The maximum atomic E-state index is 13.1. The molecule has 0 N–H and O–H groups in total. The quantitative estimate of drug-likeness (QED) is 0.287. The van der Waals surface area contributed by atoms with Crippen molar-refractivity contribution in [3.8, 4) is 0 Å². The molecule has 34 heavy (non-hydrogen) atoms. The molecule has 2 aliphatic rings. The molecule has 0 aromatic heterocycles. The maximum Gasteiger partial charge on any atom is 0.331 e. The Morgan fingerprint density at radius 1 is 0.853 bits per heavy atom. The number of benzene rings is 3. The number of fused-ring (bicyclic) bond motifs is 2. The first-order valence-electron chi connectivity index (χ1n) is 12.5. The highest BCUT2D eigenvalue weighted by Gasteiger charge is 2.69. The lowest BCUT2D eigenvalue weighted by Gasteiger charge is -2.41. The Labute approximate surface area is 203 Å². The Hall–Kier alpha value is -3.13. The van der Waals surface area contributed by atoms with E-state index >= 15 is 0 Å². The molecule has 0 unspecified atom stereocenters. The third-order valence-corrected chi connectivity index (χ3v) is 8.97. The largest absolute Gasteiger partial charge is 0.458 e. The highest BCUT2D eigenvalue weighted by atomic mass is 16.5. The van der Waals surface area contributed by atoms with Gasteiger partial charge in [-0.3, -0.25) is 0 Å². The van der Waals surface area contributed by atoms with Crippen LogP contribution in [0.25, 0.3) is 6.08 Å². The first kappa shape index (κ1) is 22.7. The van der Waals surface area contributed by atoms with Crippen LogP contribution in [0.1, 0.15) is 56.2 Å². The molecule has 0 heterocycles. The predicted molar refractivity (Wildman–Crippen MR) is 138 cm³/mol. The van der Waals surface area contributed by atoms with E-state index in [2.05, 4.69) is 81.4 Å². The fraction of sp³-hybridized carbons (Fsp3) is 0.344. The van der Waals surface area contributed by atoms with E-state index in [1.54, 1.807) is 6.08 Å². The molecule has 5 rings (SSSR count). The summed E-state index contributed by atoms with van der Waals surface area (Å²) in [6, 6.07) is 31.5. The molecule has 2 saturated carbocycles. The monoisotopic (exact) mass is 450 g/mol. The highest BCUT2D eigenvalue weighted by molar-refractivity contribution is 5.87. The summed E-state index contributed by atoms with van der Waals surface area (Å²) in [4.78, 5) is 13.1. The third-order valence-electron chi connectivity index (χ3n) is 8.97. The zero-order valence-corrected chi connectivity index (χ0v) is 20.4. The number of hydrogen-bond donors (Lipinski definition) is 0. The first-order chi connectivity index (χ1) is 16.4. The van der Waals surface area contributed by atoms with Crippen molar-refractivity contribution in [3.63, 3.8) is 0 Å². The van der Waals surface area contributed by atoms with Gasteiger partial charge in [-0.1, -0.05) is 112 Å². The van der Waals surface area contributed by atoms with Crippen LogP contribution < -0.4 is 0 Å². The van der Waals surface area contributed by atoms with Crippen molar-refractivity contribution < 1.29 is 9.53 Å². The molecule has 2 nitrogen and oxygen atoms in total. The van der Waals surface area contributed by atoms with Crippen LogP contribution in [0.3, 0.4) is 0 Å². The zero-order valence-electron chi connectivity index (χ0n) is 20.4. The molecular weight excluding hydrogens is 416 g/mol. The molecule has 0 amide bonds. The van der Waals surface area contributed by atoms with Crippen LogP contribution in [-0.2, 0) is 9.53 Å². The molecule has 0 radical (unpaired) electrons. The Kier molecular flexibility index (Phi) is 5.93. The molecule has 2 bridgehead atoms. The molecule has 174 valence electrons. The highest BCUT2D eigenvalue weighted by Crippen LogP contribution is 2.71. The van der Waals surface area contributed by atoms with Gasteiger partial charge in [-0.15, -0.1) is 0 Å². The van der Waals surface area contributed by atoms with E-state index in [-0.39, 0.29) is 34.7 Å². The summed E-state index contributed by atoms with van der Waals surface area (Å²) < 4.78 is 6.42. The second-order valence-corrected chi connectivity index (χ2v) is 10.8. The van der Waals surface area contributed by atoms with E-state index in [9.17, 15) is 4.79 Å². The van der Waals surface area contributed by atoms with Gasteiger partial charge in [0.25, 0.3) is 0 Å². The minimum atomic E-state index is -0.247. The summed E-state index contributed by atoms with van der Waals surface area (Å²) in [7, 11) is 0. The van der Waals surface area contributed by atoms with Crippen LogP contribution in [0.15, 0.2) is 97.1 Å². The summed E-state index contributed by atoms with van der Waals surface area (Å²) in [5.74, 6) is 0.652. The minimum Gasteiger partial charge on any atom is -0.458 e. The number of carbonyl (C=O) groups excluding carboxylic acids is 1. The summed E-state index contributed by atoms with van der Waals surface area (Å²) in [5.41, 5.74) is 3.63. The van der Waals surface area contributed by atoms with Crippen molar-refractivity contribution in [1.82, 2.24) is 0 Å². The van der Waals surface area contributed by atoms with Gasteiger partial charge < -0.3 is 4.74 Å². The second kappa shape index (κ2) is 8.91. The molecule has 2 fully saturated rings. The molecule has 3 aromatic carbocycles. The zero-order chi connectivity index (χ0) is 23.8. The van der Waals surface area contributed by atoms with Crippen LogP contribution in [0, 0.1) is 22.7 Å². The van der Waals surface area contributed by atoms with E-state index in [0.29, 0.717) is 5.92 Å². The summed E-state index contributed by atoms with van der Waals surface area (Å²) in [5, 5.41) is 0. The summed E-state index contributed by atoms with van der Waals surface area (Å²) >= 11 is 0. The lowest BCUT2D eigenvalue weighted by atomic mass is 9.68. The average Bonchev–Trinajstić information content (AvgIpc) is 3.18. The van der Waals surface area contributed by atoms with Gasteiger partial charge in [-0.05, 0) is 46.9 Å². The van der Waals surface area contributed by atoms with Gasteiger partial charge >= 0.3 is 5.97 Å². The maximum absolute atomic E-state index is 13.1. The topological polar surface area (TPSA) is 26.3 Å². The van der Waals surface area contributed by atoms with Crippen molar-refractivity contribution >= 4 is 12.0 Å². The van der Waals surface area contributed by atoms with Crippen molar-refractivity contribution in [3.05, 3.63) is 114 Å². The first-order valence-corrected chi connectivity index (χ1v) is 12.5. The summed E-state index contributed by atoms with van der Waals surface area (Å²) in [6.45, 7) is 7.12. The lowest BCUT2D eigenvalue weighted by molar-refractivity contribution is -0.154. The van der Waals surface area contributed by atoms with Gasteiger partial charge in [0.1, 0.15) is 6.10 Å². The van der Waals surface area contributed by atoms with Gasteiger partial charge in [0.2, 0.25) is 0 Å². The van der Waals surface area contributed by atoms with E-state index in [1.165, 1.54) is 17.5 Å². The van der Waals surface area contributed by atoms with Gasteiger partial charge in [0.15, 0.2) is 0 Å². The van der Waals surface area contributed by atoms with Crippen molar-refractivity contribution in [1.29, 1.82) is 0 Å². The lowest BCUT2D eigenvalue weighted by Crippen LogP contribution is -2.42. The third kappa shape index (κ3) is 3.79. The molecule has 0 spiro atoms. The molecule has 2 heteroatoms. The number of hydrogen-bond acceptors (Lipinski definition) is 2. The van der Waals surface area contributed by atoms with Crippen LogP contribution in [0.2, 0.25) is 0 Å². The van der Waals surface area contributed by atoms with Crippen LogP contribution in [0.5, 0.6) is 0 Å². The van der Waals surface area contributed by atoms with Crippen LogP contribution in [0.4, 0.5) is 0 Å². The van der Waals surface area contributed by atoms with Crippen molar-refractivity contribution in [2.45, 2.75) is 45.6 Å². The van der Waals surface area contributed by atoms with Crippen molar-refractivity contribution in [2.24, 2.45) is 22.7 Å². The predicted octanol–water partition coefficient (Wildman–Crippen LogP) is 7.52. The Balaban J connectivity index is 1.53. The number of esters is 1. The minimum absolute atomic E-state index is 0.0552. The van der Waals surface area contributed by atoms with Gasteiger partial charge in [-0.25, -0.2) is 4.79 Å². The van der Waals surface area contributed by atoms with Gasteiger partial charge in [0.05, 0.1) is 0 Å². The molecule has 3 aromatic rings. The smallest absolute Gasteiger partial charge is 0.331 e. The standard InChI is InChI=1S/C32H34O2/c1-31(2)26-21-22-32(31,3)30(34-27(33)20-19-23-13-7-4-8-14-23)29(26)28(24-15-9-5-10-16-24)25-17-11-6-12-18-25/h4-20,26,28-30H,21-22H2,1-3H3/b20-19+/t26-,29+,30-,32+/m0/s1. The Bertz CT molecular complexity index is 1110. The van der Waals surface area contributed by atoms with Crippen LogP contribution in [-0.4, -0.2) is 12.1 Å². The molecule has 2 aliphatic carbocycles. The fourth-order valence-corrected chi connectivity index (χ4v) is 6.85. The second-order valence-electron chi connectivity index (χ2n) is 10.8. The van der Waals surface area contributed by atoms with Crippen LogP contribution >= 0.6 is 0 Å².